The van der Waals surface area contributed by atoms with Crippen LogP contribution < -0.4 is 10.6 Å². The first-order valence-corrected chi connectivity index (χ1v) is 6.78. The second-order valence-corrected chi connectivity index (χ2v) is 4.82. The van der Waals surface area contributed by atoms with Crippen LogP contribution in [0.25, 0.3) is 6.08 Å². The Morgan fingerprint density at radius 2 is 2.00 bits per heavy atom. The second kappa shape index (κ2) is 6.97. The first-order chi connectivity index (χ1) is 10.1. The van der Waals surface area contributed by atoms with E-state index in [0.29, 0.717) is 13.0 Å². The highest BCUT2D eigenvalue weighted by molar-refractivity contribution is 5.95. The maximum Gasteiger partial charge on any atom is 0.244 e. The van der Waals surface area contributed by atoms with E-state index in [9.17, 15) is 18.4 Å². The van der Waals surface area contributed by atoms with Gasteiger partial charge in [-0.15, -0.1) is 0 Å². The Hall–Kier alpha value is -2.24. The van der Waals surface area contributed by atoms with Crippen LogP contribution in [0.2, 0.25) is 0 Å². The predicted octanol–water partition coefficient (Wildman–Crippen LogP) is 1.76. The van der Waals surface area contributed by atoms with Crippen LogP contribution >= 0.6 is 0 Å². The van der Waals surface area contributed by atoms with Crippen molar-refractivity contribution in [2.24, 2.45) is 0 Å². The first kappa shape index (κ1) is 15.2. The summed E-state index contributed by atoms with van der Waals surface area (Å²) in [6.45, 7) is 0.599. The third-order valence-corrected chi connectivity index (χ3v) is 3.25. The molecule has 1 aliphatic rings. The van der Waals surface area contributed by atoms with Crippen LogP contribution in [0.1, 0.15) is 24.8 Å². The summed E-state index contributed by atoms with van der Waals surface area (Å²) < 4.78 is 26.8. The molecule has 0 unspecified atom stereocenters. The normalized spacial score (nSPS) is 19.1. The van der Waals surface area contributed by atoms with Crippen molar-refractivity contribution in [3.63, 3.8) is 0 Å². The SMILES string of the molecule is O=C(/C=C/c1c(F)cccc1F)N[C@H]1CCCCNC1=O. The fourth-order valence-corrected chi connectivity index (χ4v) is 2.13. The van der Waals surface area contributed by atoms with Gasteiger partial charge in [-0.25, -0.2) is 8.78 Å². The molecule has 1 heterocycles. The number of amides is 2. The van der Waals surface area contributed by atoms with E-state index >= 15 is 0 Å². The molecule has 1 atom stereocenters. The van der Waals surface area contributed by atoms with Crippen molar-refractivity contribution in [1.82, 2.24) is 10.6 Å². The van der Waals surface area contributed by atoms with Gasteiger partial charge in [-0.2, -0.15) is 0 Å². The zero-order valence-corrected chi connectivity index (χ0v) is 11.4. The molecular formula is C15H16F2N2O2. The molecular weight excluding hydrogens is 278 g/mol. The Balaban J connectivity index is 2.01. The van der Waals surface area contributed by atoms with E-state index in [1.165, 1.54) is 6.07 Å². The van der Waals surface area contributed by atoms with Gasteiger partial charge in [0, 0.05) is 18.2 Å². The maximum absolute atomic E-state index is 13.4. The maximum atomic E-state index is 13.4. The van der Waals surface area contributed by atoms with Crippen LogP contribution in [0.15, 0.2) is 24.3 Å². The lowest BCUT2D eigenvalue weighted by Crippen LogP contribution is -2.44. The Bertz CT molecular complexity index is 553. The largest absolute Gasteiger partial charge is 0.354 e. The summed E-state index contributed by atoms with van der Waals surface area (Å²) in [4.78, 5) is 23.4. The summed E-state index contributed by atoms with van der Waals surface area (Å²) in [6.07, 6.45) is 4.34. The molecule has 1 aromatic carbocycles. The highest BCUT2D eigenvalue weighted by Crippen LogP contribution is 2.13. The van der Waals surface area contributed by atoms with Crippen LogP contribution in [0, 0.1) is 11.6 Å². The summed E-state index contributed by atoms with van der Waals surface area (Å²) in [6, 6.07) is 2.87. The van der Waals surface area contributed by atoms with E-state index in [-0.39, 0.29) is 11.5 Å². The van der Waals surface area contributed by atoms with Crippen molar-refractivity contribution >= 4 is 17.9 Å². The molecule has 6 heteroatoms. The Morgan fingerprint density at radius 1 is 1.29 bits per heavy atom. The smallest absolute Gasteiger partial charge is 0.244 e. The van der Waals surface area contributed by atoms with Gasteiger partial charge in [-0.05, 0) is 37.5 Å². The van der Waals surface area contributed by atoms with Gasteiger partial charge in [-0.3, -0.25) is 9.59 Å². The first-order valence-electron chi connectivity index (χ1n) is 6.78. The van der Waals surface area contributed by atoms with Crippen molar-refractivity contribution in [2.45, 2.75) is 25.3 Å². The van der Waals surface area contributed by atoms with E-state index in [4.69, 9.17) is 0 Å². The van der Waals surface area contributed by atoms with Gasteiger partial charge < -0.3 is 10.6 Å². The number of halogens is 2. The number of hydrogen-bond donors (Lipinski definition) is 2. The summed E-state index contributed by atoms with van der Waals surface area (Å²) >= 11 is 0. The van der Waals surface area contributed by atoms with Crippen molar-refractivity contribution in [3.05, 3.63) is 41.5 Å². The minimum absolute atomic E-state index is 0.230. The van der Waals surface area contributed by atoms with Crippen LogP contribution in [0.4, 0.5) is 8.78 Å². The average molecular weight is 294 g/mol. The van der Waals surface area contributed by atoms with Gasteiger partial charge in [0.2, 0.25) is 11.8 Å². The molecule has 4 nitrogen and oxygen atoms in total. The van der Waals surface area contributed by atoms with Crippen molar-refractivity contribution in [2.75, 3.05) is 6.54 Å². The Labute approximate surface area is 121 Å². The monoisotopic (exact) mass is 294 g/mol. The molecule has 0 aliphatic carbocycles. The predicted molar refractivity (Wildman–Crippen MR) is 74.2 cm³/mol. The molecule has 1 fully saturated rings. The van der Waals surface area contributed by atoms with E-state index in [1.54, 1.807) is 0 Å². The number of nitrogens with one attached hydrogen (secondary N) is 2. The van der Waals surface area contributed by atoms with Crippen LogP contribution in [-0.4, -0.2) is 24.4 Å². The topological polar surface area (TPSA) is 58.2 Å². The van der Waals surface area contributed by atoms with Crippen LogP contribution in [0.3, 0.4) is 0 Å². The second-order valence-electron chi connectivity index (χ2n) is 4.82. The standard InChI is InChI=1S/C15H16F2N2O2/c16-11-4-3-5-12(17)10(11)7-8-14(20)19-13-6-1-2-9-18-15(13)21/h3-5,7-8,13H,1-2,6,9H2,(H,18,21)(H,19,20)/b8-7+/t13-/m0/s1. The average Bonchev–Trinajstić information content (AvgIpc) is 2.64. The molecule has 2 rings (SSSR count). The molecule has 1 saturated heterocycles. The van der Waals surface area contributed by atoms with E-state index in [2.05, 4.69) is 10.6 Å². The number of carbonyl (C=O) groups excluding carboxylic acids is 2. The van der Waals surface area contributed by atoms with Crippen molar-refractivity contribution in [1.29, 1.82) is 0 Å². The quantitative estimate of drug-likeness (QED) is 0.835. The molecule has 1 aromatic rings. The number of rotatable bonds is 3. The van der Waals surface area contributed by atoms with E-state index in [0.717, 1.165) is 37.1 Å². The van der Waals surface area contributed by atoms with Gasteiger partial charge in [0.25, 0.3) is 0 Å². The summed E-state index contributed by atoms with van der Waals surface area (Å²) in [5, 5.41) is 5.23. The highest BCUT2D eigenvalue weighted by Gasteiger charge is 2.21. The van der Waals surface area contributed by atoms with Gasteiger partial charge in [0.15, 0.2) is 0 Å². The summed E-state index contributed by atoms with van der Waals surface area (Å²) in [7, 11) is 0. The number of carbonyl (C=O) groups is 2. The summed E-state index contributed by atoms with van der Waals surface area (Å²) in [5.41, 5.74) is -0.280. The van der Waals surface area contributed by atoms with Gasteiger partial charge in [0.1, 0.15) is 17.7 Å². The van der Waals surface area contributed by atoms with Gasteiger partial charge >= 0.3 is 0 Å². The molecule has 2 amide bonds. The molecule has 1 aliphatic heterocycles. The van der Waals surface area contributed by atoms with Gasteiger partial charge in [-0.1, -0.05) is 6.07 Å². The fraction of sp³-hybridized carbons (Fsp3) is 0.333. The Kier molecular flexibility index (Phi) is 5.03. The zero-order valence-electron chi connectivity index (χ0n) is 11.4. The molecule has 21 heavy (non-hydrogen) atoms. The molecule has 112 valence electrons. The molecule has 0 aromatic heterocycles. The fourth-order valence-electron chi connectivity index (χ4n) is 2.13. The Morgan fingerprint density at radius 3 is 2.71 bits per heavy atom. The lowest BCUT2D eigenvalue weighted by Gasteiger charge is -2.13. The van der Waals surface area contributed by atoms with Crippen LogP contribution in [0.5, 0.6) is 0 Å². The lowest BCUT2D eigenvalue weighted by atomic mass is 10.1. The molecule has 0 bridgehead atoms. The minimum atomic E-state index is -0.744. The van der Waals surface area contributed by atoms with E-state index in [1.807, 2.05) is 0 Å². The lowest BCUT2D eigenvalue weighted by molar-refractivity contribution is -0.126. The molecule has 0 spiro atoms. The van der Waals surface area contributed by atoms with Crippen molar-refractivity contribution in [3.8, 4) is 0 Å². The molecule has 0 radical (unpaired) electrons. The summed E-state index contributed by atoms with van der Waals surface area (Å²) in [5.74, 6) is -2.27. The minimum Gasteiger partial charge on any atom is -0.354 e. The molecule has 2 N–H and O–H groups in total. The zero-order chi connectivity index (χ0) is 15.2. The van der Waals surface area contributed by atoms with E-state index < -0.39 is 23.6 Å². The number of benzene rings is 1. The number of hydrogen-bond acceptors (Lipinski definition) is 2. The third-order valence-electron chi connectivity index (χ3n) is 3.25. The molecule has 0 saturated carbocycles. The third kappa shape index (κ3) is 4.11. The van der Waals surface area contributed by atoms with Crippen molar-refractivity contribution < 1.29 is 18.4 Å². The van der Waals surface area contributed by atoms with Gasteiger partial charge in [0.05, 0.1) is 0 Å². The van der Waals surface area contributed by atoms with Crippen LogP contribution in [-0.2, 0) is 9.59 Å². The highest BCUT2D eigenvalue weighted by atomic mass is 19.1.